The molecular weight excluding hydrogens is 186 g/mol. The van der Waals surface area contributed by atoms with Crippen LogP contribution in [-0.2, 0) is 0 Å². The highest BCUT2D eigenvalue weighted by Crippen LogP contribution is 2.05. The fourth-order valence-electron chi connectivity index (χ4n) is 1.71. The Morgan fingerprint density at radius 1 is 0.800 bits per heavy atom. The van der Waals surface area contributed by atoms with Gasteiger partial charge in [-0.25, -0.2) is 0 Å². The molecule has 0 bridgehead atoms. The van der Waals surface area contributed by atoms with E-state index in [4.69, 9.17) is 0 Å². The van der Waals surface area contributed by atoms with E-state index in [9.17, 15) is 0 Å². The SMILES string of the molecule is CCCCCN1C=CN(CCCCC)N1. The summed E-state index contributed by atoms with van der Waals surface area (Å²) in [7, 11) is 0. The van der Waals surface area contributed by atoms with Gasteiger partial charge in [0.2, 0.25) is 0 Å². The molecule has 3 nitrogen and oxygen atoms in total. The Morgan fingerprint density at radius 2 is 1.27 bits per heavy atom. The van der Waals surface area contributed by atoms with Crippen molar-refractivity contribution in [2.24, 2.45) is 0 Å². The largest absolute Gasteiger partial charge is 0.297 e. The van der Waals surface area contributed by atoms with Gasteiger partial charge in [0, 0.05) is 25.5 Å². The molecule has 0 aromatic rings. The molecule has 0 aromatic heterocycles. The molecule has 0 aliphatic carbocycles. The molecule has 0 radical (unpaired) electrons. The van der Waals surface area contributed by atoms with Crippen molar-refractivity contribution in [3.8, 4) is 0 Å². The Balaban J connectivity index is 2.03. The smallest absolute Gasteiger partial charge is 0.0356 e. The van der Waals surface area contributed by atoms with E-state index in [0.29, 0.717) is 0 Å². The van der Waals surface area contributed by atoms with Crippen molar-refractivity contribution in [3.63, 3.8) is 0 Å². The molecule has 0 unspecified atom stereocenters. The maximum Gasteiger partial charge on any atom is 0.0356 e. The molecule has 0 saturated carbocycles. The highest BCUT2D eigenvalue weighted by molar-refractivity contribution is 4.85. The van der Waals surface area contributed by atoms with Crippen LogP contribution in [0.1, 0.15) is 52.4 Å². The van der Waals surface area contributed by atoms with Crippen LogP contribution >= 0.6 is 0 Å². The molecule has 0 saturated heterocycles. The first-order chi connectivity index (χ1) is 7.36. The summed E-state index contributed by atoms with van der Waals surface area (Å²) < 4.78 is 0. The van der Waals surface area contributed by atoms with E-state index in [1.807, 2.05) is 0 Å². The number of rotatable bonds is 8. The Kier molecular flexibility index (Phi) is 6.25. The Morgan fingerprint density at radius 3 is 1.67 bits per heavy atom. The van der Waals surface area contributed by atoms with Gasteiger partial charge in [-0.05, 0) is 12.8 Å². The Hall–Kier alpha value is -0.700. The van der Waals surface area contributed by atoms with Crippen LogP contribution in [0.25, 0.3) is 0 Å². The molecule has 88 valence electrons. The molecule has 0 atom stereocenters. The van der Waals surface area contributed by atoms with Crippen molar-refractivity contribution in [1.29, 1.82) is 0 Å². The van der Waals surface area contributed by atoms with Gasteiger partial charge < -0.3 is 0 Å². The van der Waals surface area contributed by atoms with Gasteiger partial charge in [-0.15, -0.1) is 5.53 Å². The minimum absolute atomic E-state index is 1.12. The van der Waals surface area contributed by atoms with Crippen LogP contribution in [0.3, 0.4) is 0 Å². The van der Waals surface area contributed by atoms with Gasteiger partial charge in [-0.2, -0.15) is 0 Å². The van der Waals surface area contributed by atoms with Crippen molar-refractivity contribution in [3.05, 3.63) is 12.4 Å². The standard InChI is InChI=1S/C12H25N3/c1-3-5-7-9-14-11-12-15(13-14)10-8-6-4-2/h11-13H,3-10H2,1-2H3. The zero-order valence-electron chi connectivity index (χ0n) is 10.2. The van der Waals surface area contributed by atoms with Gasteiger partial charge in [-0.1, -0.05) is 39.5 Å². The highest BCUT2D eigenvalue weighted by Gasteiger charge is 2.09. The van der Waals surface area contributed by atoms with E-state index < -0.39 is 0 Å². The van der Waals surface area contributed by atoms with Gasteiger partial charge in [0.25, 0.3) is 0 Å². The lowest BCUT2D eigenvalue weighted by Crippen LogP contribution is -2.40. The molecule has 1 aliphatic rings. The lowest BCUT2D eigenvalue weighted by Gasteiger charge is -2.22. The lowest BCUT2D eigenvalue weighted by atomic mass is 10.2. The number of hydrogen-bond acceptors (Lipinski definition) is 3. The molecule has 1 N–H and O–H groups in total. The molecule has 3 heteroatoms. The van der Waals surface area contributed by atoms with Gasteiger partial charge in [0.1, 0.15) is 0 Å². The topological polar surface area (TPSA) is 18.5 Å². The van der Waals surface area contributed by atoms with Gasteiger partial charge in [0.05, 0.1) is 0 Å². The molecule has 15 heavy (non-hydrogen) atoms. The van der Waals surface area contributed by atoms with Crippen LogP contribution in [0.15, 0.2) is 12.4 Å². The van der Waals surface area contributed by atoms with E-state index in [1.54, 1.807) is 0 Å². The maximum atomic E-state index is 3.36. The zero-order valence-corrected chi connectivity index (χ0v) is 10.2. The second-order valence-electron chi connectivity index (χ2n) is 4.20. The number of hydrazine groups is 2. The van der Waals surface area contributed by atoms with E-state index in [2.05, 4.69) is 41.8 Å². The first-order valence-corrected chi connectivity index (χ1v) is 6.34. The van der Waals surface area contributed by atoms with Gasteiger partial charge in [-0.3, -0.25) is 10.0 Å². The van der Waals surface area contributed by atoms with Crippen molar-refractivity contribution < 1.29 is 0 Å². The molecule has 0 amide bonds. The molecule has 1 aliphatic heterocycles. The second kappa shape index (κ2) is 7.57. The van der Waals surface area contributed by atoms with Crippen molar-refractivity contribution >= 4 is 0 Å². The molecule has 1 heterocycles. The van der Waals surface area contributed by atoms with E-state index >= 15 is 0 Å². The summed E-state index contributed by atoms with van der Waals surface area (Å²) in [6.07, 6.45) is 12.1. The van der Waals surface area contributed by atoms with Crippen LogP contribution < -0.4 is 5.53 Å². The Bertz CT molecular complexity index is 162. The van der Waals surface area contributed by atoms with Crippen molar-refractivity contribution in [1.82, 2.24) is 15.6 Å². The summed E-state index contributed by atoms with van der Waals surface area (Å²) in [6.45, 7) is 6.72. The van der Waals surface area contributed by atoms with Crippen LogP contribution in [-0.4, -0.2) is 23.1 Å². The predicted octanol–water partition coefficient (Wildman–Crippen LogP) is 2.88. The number of hydrogen-bond donors (Lipinski definition) is 1. The maximum absolute atomic E-state index is 3.36. The summed E-state index contributed by atoms with van der Waals surface area (Å²) in [5.41, 5.74) is 3.36. The average Bonchev–Trinajstić information content (AvgIpc) is 2.67. The highest BCUT2D eigenvalue weighted by atomic mass is 15.8. The van der Waals surface area contributed by atoms with E-state index in [-0.39, 0.29) is 0 Å². The van der Waals surface area contributed by atoms with Crippen molar-refractivity contribution in [2.75, 3.05) is 13.1 Å². The number of nitrogens with zero attached hydrogens (tertiary/aromatic N) is 2. The van der Waals surface area contributed by atoms with Crippen LogP contribution in [0.4, 0.5) is 0 Å². The quantitative estimate of drug-likeness (QED) is 0.623. The molecule has 1 rings (SSSR count). The first kappa shape index (κ1) is 12.4. The third kappa shape index (κ3) is 5.07. The summed E-state index contributed by atoms with van der Waals surface area (Å²) in [5, 5.41) is 4.36. The average molecular weight is 211 g/mol. The van der Waals surface area contributed by atoms with E-state index in [1.165, 1.54) is 38.5 Å². The van der Waals surface area contributed by atoms with Gasteiger partial charge in [0.15, 0.2) is 0 Å². The zero-order chi connectivity index (χ0) is 10.9. The fourth-order valence-corrected chi connectivity index (χ4v) is 1.71. The lowest BCUT2D eigenvalue weighted by molar-refractivity contribution is 0.133. The number of unbranched alkanes of at least 4 members (excludes halogenated alkanes) is 4. The normalized spacial score (nSPS) is 15.3. The Labute approximate surface area is 94.1 Å². The second-order valence-corrected chi connectivity index (χ2v) is 4.20. The van der Waals surface area contributed by atoms with Crippen LogP contribution in [0, 0.1) is 0 Å². The van der Waals surface area contributed by atoms with Crippen molar-refractivity contribution in [2.45, 2.75) is 52.4 Å². The monoisotopic (exact) mass is 211 g/mol. The summed E-state index contributed by atoms with van der Waals surface area (Å²) in [4.78, 5) is 0. The molecule has 0 aromatic carbocycles. The van der Waals surface area contributed by atoms with Crippen LogP contribution in [0.5, 0.6) is 0 Å². The summed E-state index contributed by atoms with van der Waals surface area (Å²) >= 11 is 0. The molecular formula is C12H25N3. The minimum atomic E-state index is 1.12. The first-order valence-electron chi connectivity index (χ1n) is 6.34. The summed E-state index contributed by atoms with van der Waals surface area (Å²) in [6, 6.07) is 0. The predicted molar refractivity (Wildman–Crippen MR) is 64.7 cm³/mol. The number of nitrogens with one attached hydrogen (secondary N) is 1. The summed E-state index contributed by atoms with van der Waals surface area (Å²) in [5.74, 6) is 0. The van der Waals surface area contributed by atoms with Crippen LogP contribution in [0.2, 0.25) is 0 Å². The molecule has 0 spiro atoms. The third-order valence-electron chi connectivity index (χ3n) is 2.69. The fraction of sp³-hybridized carbons (Fsp3) is 0.833. The third-order valence-corrected chi connectivity index (χ3v) is 2.69. The molecule has 0 fully saturated rings. The van der Waals surface area contributed by atoms with E-state index in [0.717, 1.165) is 13.1 Å². The van der Waals surface area contributed by atoms with Gasteiger partial charge >= 0.3 is 0 Å². The minimum Gasteiger partial charge on any atom is -0.297 e.